The number of carbonyl (C=O) groups excluding carboxylic acids is 2. The number of nitrogens with one attached hydrogen (secondary N) is 1. The maximum absolute atomic E-state index is 12.1. The summed E-state index contributed by atoms with van der Waals surface area (Å²) in [5.41, 5.74) is 1.27. The van der Waals surface area contributed by atoms with Gasteiger partial charge in [0.25, 0.3) is 0 Å². The van der Waals surface area contributed by atoms with E-state index in [0.29, 0.717) is 0 Å². The summed E-state index contributed by atoms with van der Waals surface area (Å²) in [5, 5.41) is 2.51. The molecule has 0 spiro atoms. The molecule has 0 unspecified atom stereocenters. The molecule has 0 fully saturated rings. The molecular formula is C15H17NO3. The van der Waals surface area contributed by atoms with Gasteiger partial charge < -0.3 is 10.1 Å². The van der Waals surface area contributed by atoms with E-state index < -0.39 is 11.4 Å². The fourth-order valence-corrected chi connectivity index (χ4v) is 1.58. The second-order valence-corrected chi connectivity index (χ2v) is 4.77. The van der Waals surface area contributed by atoms with Crippen molar-refractivity contribution in [3.05, 3.63) is 35.4 Å². The van der Waals surface area contributed by atoms with Crippen molar-refractivity contribution < 1.29 is 14.3 Å². The molecule has 1 aromatic rings. The third-order valence-corrected chi connectivity index (χ3v) is 2.91. The van der Waals surface area contributed by atoms with Gasteiger partial charge in [0, 0.05) is 0 Å². The number of benzene rings is 1. The van der Waals surface area contributed by atoms with Crippen LogP contribution in [0.25, 0.3) is 0 Å². The van der Waals surface area contributed by atoms with E-state index in [1.807, 2.05) is 31.2 Å². The Morgan fingerprint density at radius 2 is 1.89 bits per heavy atom. The lowest BCUT2D eigenvalue weighted by Gasteiger charge is -2.24. The van der Waals surface area contributed by atoms with Crippen molar-refractivity contribution in [2.75, 3.05) is 6.54 Å². The summed E-state index contributed by atoms with van der Waals surface area (Å²) in [5.74, 6) is -0.916. The van der Waals surface area contributed by atoms with Crippen molar-refractivity contribution in [1.82, 2.24) is 5.32 Å². The van der Waals surface area contributed by atoms with Crippen LogP contribution in [0, 0.1) is 19.5 Å². The summed E-state index contributed by atoms with van der Waals surface area (Å²) in [4.78, 5) is 23.2. The van der Waals surface area contributed by atoms with Crippen molar-refractivity contribution >= 4 is 11.9 Å². The molecule has 4 nitrogen and oxygen atoms in total. The van der Waals surface area contributed by atoms with Gasteiger partial charge in [0.1, 0.15) is 12.7 Å². The van der Waals surface area contributed by atoms with Crippen LogP contribution in [0.2, 0.25) is 0 Å². The fraction of sp³-hybridized carbons (Fsp3) is 0.333. The highest BCUT2D eigenvalue weighted by Crippen LogP contribution is 2.23. The topological polar surface area (TPSA) is 55.4 Å². The van der Waals surface area contributed by atoms with Gasteiger partial charge in [-0.2, -0.15) is 0 Å². The Balaban J connectivity index is 2.72. The zero-order chi connectivity index (χ0) is 14.5. The molecule has 1 rings (SSSR count). The first kappa shape index (κ1) is 14.8. The van der Waals surface area contributed by atoms with Crippen LogP contribution in [0.15, 0.2) is 24.3 Å². The van der Waals surface area contributed by atoms with E-state index in [2.05, 4.69) is 10.1 Å². The first-order chi connectivity index (χ1) is 8.87. The van der Waals surface area contributed by atoms with Crippen molar-refractivity contribution in [3.63, 3.8) is 0 Å². The minimum atomic E-state index is -0.732. The van der Waals surface area contributed by atoms with Crippen LogP contribution in [0.4, 0.5) is 0 Å². The van der Waals surface area contributed by atoms with Gasteiger partial charge in [0.05, 0.1) is 5.41 Å². The van der Waals surface area contributed by atoms with E-state index in [1.165, 1.54) is 0 Å². The molecule has 0 bridgehead atoms. The molecule has 19 heavy (non-hydrogen) atoms. The molecule has 0 saturated heterocycles. The third kappa shape index (κ3) is 3.85. The van der Waals surface area contributed by atoms with Gasteiger partial charge in [-0.25, -0.2) is 4.79 Å². The summed E-state index contributed by atoms with van der Waals surface area (Å²) in [7, 11) is 0. The SMILES string of the molecule is C#COC(=O)CNC(=O)C(C)(C)c1ccc(C)cc1. The normalized spacial score (nSPS) is 10.4. The van der Waals surface area contributed by atoms with Crippen LogP contribution in [0.1, 0.15) is 25.0 Å². The largest absolute Gasteiger partial charge is 0.371 e. The Morgan fingerprint density at radius 3 is 2.42 bits per heavy atom. The lowest BCUT2D eigenvalue weighted by Crippen LogP contribution is -2.42. The summed E-state index contributed by atoms with van der Waals surface area (Å²) in [6.45, 7) is 5.32. The second-order valence-electron chi connectivity index (χ2n) is 4.77. The molecule has 0 atom stereocenters. The number of hydrogen-bond acceptors (Lipinski definition) is 3. The minimum absolute atomic E-state index is 0.238. The van der Waals surface area contributed by atoms with Gasteiger partial charge in [-0.15, -0.1) is 0 Å². The molecule has 4 heteroatoms. The number of terminal acetylenes is 1. The van der Waals surface area contributed by atoms with Gasteiger partial charge in [-0.3, -0.25) is 4.79 Å². The lowest BCUT2D eigenvalue weighted by molar-refractivity contribution is -0.138. The molecular weight excluding hydrogens is 242 g/mol. The fourth-order valence-electron chi connectivity index (χ4n) is 1.58. The molecule has 0 saturated carbocycles. The van der Waals surface area contributed by atoms with Crippen molar-refractivity contribution in [1.29, 1.82) is 0 Å². The molecule has 1 N–H and O–H groups in total. The zero-order valence-electron chi connectivity index (χ0n) is 11.3. The smallest absolute Gasteiger partial charge is 0.339 e. The standard InChI is InChI=1S/C15H17NO3/c1-5-19-13(17)10-16-14(18)15(3,4)12-8-6-11(2)7-9-12/h1,6-9H,10H2,2-4H3,(H,16,18). The molecule has 100 valence electrons. The number of ether oxygens (including phenoxy) is 1. The number of carbonyl (C=O) groups is 2. The molecule has 1 aromatic carbocycles. The van der Waals surface area contributed by atoms with Crippen LogP contribution in [0.3, 0.4) is 0 Å². The lowest BCUT2D eigenvalue weighted by atomic mass is 9.83. The highest BCUT2D eigenvalue weighted by molar-refractivity contribution is 5.90. The molecule has 0 aliphatic carbocycles. The number of amides is 1. The summed E-state index contributed by atoms with van der Waals surface area (Å²) < 4.78 is 4.30. The third-order valence-electron chi connectivity index (χ3n) is 2.91. The highest BCUT2D eigenvalue weighted by Gasteiger charge is 2.29. The highest BCUT2D eigenvalue weighted by atomic mass is 16.5. The summed E-state index contributed by atoms with van der Waals surface area (Å²) >= 11 is 0. The van der Waals surface area contributed by atoms with Crippen LogP contribution in [0.5, 0.6) is 0 Å². The molecule has 0 aromatic heterocycles. The van der Waals surface area contributed by atoms with Gasteiger partial charge >= 0.3 is 5.97 Å². The van der Waals surface area contributed by atoms with E-state index in [1.54, 1.807) is 20.0 Å². The monoisotopic (exact) mass is 259 g/mol. The quantitative estimate of drug-likeness (QED) is 0.659. The first-order valence-corrected chi connectivity index (χ1v) is 5.88. The summed E-state index contributed by atoms with van der Waals surface area (Å²) in [6, 6.07) is 7.68. The molecule has 0 aliphatic heterocycles. The Hall–Kier alpha value is -2.28. The summed E-state index contributed by atoms with van der Waals surface area (Å²) in [6.07, 6.45) is 6.59. The van der Waals surface area contributed by atoms with E-state index in [0.717, 1.165) is 11.1 Å². The molecule has 0 aliphatic rings. The molecule has 0 heterocycles. The van der Waals surface area contributed by atoms with Gasteiger partial charge in [-0.05, 0) is 26.3 Å². The van der Waals surface area contributed by atoms with Gasteiger partial charge in [0.15, 0.2) is 0 Å². The number of rotatable bonds is 4. The van der Waals surface area contributed by atoms with Crippen molar-refractivity contribution in [2.45, 2.75) is 26.2 Å². The van der Waals surface area contributed by atoms with E-state index in [-0.39, 0.29) is 12.5 Å². The van der Waals surface area contributed by atoms with Crippen LogP contribution in [-0.4, -0.2) is 18.4 Å². The number of aryl methyl sites for hydroxylation is 1. The number of hydrogen-bond donors (Lipinski definition) is 1. The predicted octanol–water partition coefficient (Wildman–Crippen LogP) is 1.52. The number of esters is 1. The van der Waals surface area contributed by atoms with Crippen molar-refractivity contribution in [2.24, 2.45) is 0 Å². The first-order valence-electron chi connectivity index (χ1n) is 5.88. The van der Waals surface area contributed by atoms with Gasteiger partial charge in [0.2, 0.25) is 5.91 Å². The van der Waals surface area contributed by atoms with Crippen molar-refractivity contribution in [3.8, 4) is 12.5 Å². The Bertz CT molecular complexity index is 509. The Morgan fingerprint density at radius 1 is 1.32 bits per heavy atom. The Labute approximate surface area is 113 Å². The Kier molecular flexibility index (Phi) is 4.71. The molecule has 1 amide bonds. The van der Waals surface area contributed by atoms with E-state index in [9.17, 15) is 9.59 Å². The molecule has 0 radical (unpaired) electrons. The minimum Gasteiger partial charge on any atom is -0.371 e. The van der Waals surface area contributed by atoms with E-state index in [4.69, 9.17) is 6.42 Å². The van der Waals surface area contributed by atoms with Crippen LogP contribution in [-0.2, 0) is 19.7 Å². The maximum Gasteiger partial charge on any atom is 0.339 e. The average molecular weight is 259 g/mol. The van der Waals surface area contributed by atoms with E-state index >= 15 is 0 Å². The van der Waals surface area contributed by atoms with Gasteiger partial charge in [-0.1, -0.05) is 36.3 Å². The maximum atomic E-state index is 12.1. The van der Waals surface area contributed by atoms with Crippen LogP contribution < -0.4 is 5.32 Å². The second kappa shape index (κ2) is 6.05. The predicted molar refractivity (Wildman–Crippen MR) is 72.1 cm³/mol. The zero-order valence-corrected chi connectivity index (χ0v) is 11.3. The average Bonchev–Trinajstić information content (AvgIpc) is 2.36. The van der Waals surface area contributed by atoms with Crippen LogP contribution >= 0.6 is 0 Å².